The van der Waals surface area contributed by atoms with Gasteiger partial charge in [0.1, 0.15) is 18.0 Å². The van der Waals surface area contributed by atoms with Crippen LogP contribution in [0.15, 0.2) is 18.7 Å². The minimum Gasteiger partial charge on any atom is -0.364 e. The van der Waals surface area contributed by atoms with Gasteiger partial charge in [0.05, 0.1) is 11.5 Å². The molecule has 0 aromatic carbocycles. The van der Waals surface area contributed by atoms with E-state index in [2.05, 4.69) is 55.5 Å². The Bertz CT molecular complexity index is 1150. The number of likely N-dealkylation sites (tertiary alicyclic amines) is 2. The van der Waals surface area contributed by atoms with Crippen LogP contribution in [0.25, 0.3) is 22.6 Å². The molecule has 174 valence electrons. The highest BCUT2D eigenvalue weighted by molar-refractivity contribution is 5.86. The van der Waals surface area contributed by atoms with Crippen LogP contribution in [0.2, 0.25) is 0 Å². The number of hydrogen-bond donors (Lipinski definition) is 1. The third-order valence-corrected chi connectivity index (χ3v) is 6.72. The Hall–Kier alpha value is -3.14. The summed E-state index contributed by atoms with van der Waals surface area (Å²) < 4.78 is 2.05. The van der Waals surface area contributed by atoms with Gasteiger partial charge >= 0.3 is 0 Å². The lowest BCUT2D eigenvalue weighted by Gasteiger charge is -2.42. The Morgan fingerprint density at radius 3 is 2.61 bits per heavy atom. The van der Waals surface area contributed by atoms with Gasteiger partial charge in [-0.3, -0.25) is 9.69 Å². The van der Waals surface area contributed by atoms with Gasteiger partial charge in [0, 0.05) is 57.2 Å². The number of nitrogens with one attached hydrogen (secondary N) is 1. The first kappa shape index (κ1) is 21.7. The molecule has 3 aromatic rings. The highest BCUT2D eigenvalue weighted by Crippen LogP contribution is 2.28. The largest absolute Gasteiger partial charge is 0.364 e. The Kier molecular flexibility index (Phi) is 5.69. The third-order valence-electron chi connectivity index (χ3n) is 6.72. The number of imidazole rings is 1. The SMILES string of the molecule is CCn1c(-c2cnc(C)nc2)nc2c(N[C@H]3CCN(C(=O)C4CN(C(C)C)C4)C3)ncnc21. The zero-order valence-corrected chi connectivity index (χ0v) is 19.7. The Labute approximate surface area is 193 Å². The molecule has 2 saturated heterocycles. The van der Waals surface area contributed by atoms with Crippen LogP contribution in [0.1, 0.15) is 33.0 Å². The fraction of sp³-hybridized carbons (Fsp3) is 0.565. The number of rotatable bonds is 6. The summed E-state index contributed by atoms with van der Waals surface area (Å²) in [6.45, 7) is 12.2. The van der Waals surface area contributed by atoms with E-state index in [-0.39, 0.29) is 17.9 Å². The van der Waals surface area contributed by atoms with Crippen LogP contribution in [0, 0.1) is 12.8 Å². The highest BCUT2D eigenvalue weighted by atomic mass is 16.2. The lowest BCUT2D eigenvalue weighted by molar-refractivity contribution is -0.140. The monoisotopic (exact) mass is 449 g/mol. The molecule has 2 aliphatic rings. The molecule has 3 aromatic heterocycles. The van der Waals surface area contributed by atoms with Crippen LogP contribution < -0.4 is 5.32 Å². The van der Waals surface area contributed by atoms with Crippen LogP contribution in [0.5, 0.6) is 0 Å². The quantitative estimate of drug-likeness (QED) is 0.609. The summed E-state index contributed by atoms with van der Waals surface area (Å²) in [4.78, 5) is 39.7. The standard InChI is InChI=1S/C23H31N9O/c1-5-32-21(16-8-24-15(4)25-9-16)29-19-20(26-13-27-22(19)32)28-18-6-7-30(12-18)23(33)17-10-31(11-17)14(2)3/h8-9,13-14,17-18H,5-7,10-12H2,1-4H3,(H,26,27,28)/t18-/m0/s1. The van der Waals surface area contributed by atoms with Crippen LogP contribution in [-0.4, -0.2) is 83.5 Å². The normalized spacial score (nSPS) is 19.4. The van der Waals surface area contributed by atoms with Crippen LogP contribution in [-0.2, 0) is 11.3 Å². The van der Waals surface area contributed by atoms with Gasteiger partial charge in [-0.15, -0.1) is 0 Å². The number of carbonyl (C=O) groups is 1. The fourth-order valence-electron chi connectivity index (χ4n) is 4.69. The molecule has 0 saturated carbocycles. The molecule has 2 aliphatic heterocycles. The summed E-state index contributed by atoms with van der Waals surface area (Å²) in [5, 5.41) is 3.53. The zero-order chi connectivity index (χ0) is 23.1. The first-order chi connectivity index (χ1) is 15.9. The molecule has 1 amide bonds. The van der Waals surface area contributed by atoms with Crippen molar-refractivity contribution in [2.75, 3.05) is 31.5 Å². The van der Waals surface area contributed by atoms with E-state index in [9.17, 15) is 4.79 Å². The summed E-state index contributed by atoms with van der Waals surface area (Å²) in [7, 11) is 0. The van der Waals surface area contributed by atoms with Crippen molar-refractivity contribution in [1.82, 2.24) is 39.3 Å². The van der Waals surface area contributed by atoms with Crippen molar-refractivity contribution < 1.29 is 4.79 Å². The molecule has 10 nitrogen and oxygen atoms in total. The molecule has 5 heterocycles. The third kappa shape index (κ3) is 4.03. The van der Waals surface area contributed by atoms with Gasteiger partial charge in [-0.05, 0) is 34.1 Å². The number of carbonyl (C=O) groups excluding carboxylic acids is 1. The summed E-state index contributed by atoms with van der Waals surface area (Å²) in [6.07, 6.45) is 6.04. The van der Waals surface area contributed by atoms with Gasteiger partial charge in [0.25, 0.3) is 0 Å². The molecule has 1 atom stereocenters. The average Bonchev–Trinajstić information content (AvgIpc) is 3.38. The predicted molar refractivity (Wildman–Crippen MR) is 126 cm³/mol. The maximum atomic E-state index is 12.9. The topological polar surface area (TPSA) is 105 Å². The van der Waals surface area contributed by atoms with Gasteiger partial charge in [0.2, 0.25) is 5.91 Å². The van der Waals surface area contributed by atoms with Crippen molar-refractivity contribution in [2.24, 2.45) is 5.92 Å². The minimum absolute atomic E-state index is 0.136. The fourth-order valence-corrected chi connectivity index (χ4v) is 4.69. The van der Waals surface area contributed by atoms with Crippen molar-refractivity contribution in [3.63, 3.8) is 0 Å². The van der Waals surface area contributed by atoms with Gasteiger partial charge in [0.15, 0.2) is 17.0 Å². The summed E-state index contributed by atoms with van der Waals surface area (Å²) in [5.74, 6) is 2.62. The number of anilines is 1. The average molecular weight is 450 g/mol. The molecule has 1 N–H and O–H groups in total. The molecule has 2 fully saturated rings. The van der Waals surface area contributed by atoms with Crippen LogP contribution >= 0.6 is 0 Å². The van der Waals surface area contributed by atoms with Crippen molar-refractivity contribution in [3.8, 4) is 11.4 Å². The molecule has 0 radical (unpaired) electrons. The molecule has 5 rings (SSSR count). The first-order valence-electron chi connectivity index (χ1n) is 11.7. The maximum absolute atomic E-state index is 12.9. The summed E-state index contributed by atoms with van der Waals surface area (Å²) in [5.41, 5.74) is 2.35. The second-order valence-corrected chi connectivity index (χ2v) is 9.25. The van der Waals surface area contributed by atoms with E-state index < -0.39 is 0 Å². The van der Waals surface area contributed by atoms with E-state index in [1.165, 1.54) is 0 Å². The highest BCUT2D eigenvalue weighted by Gasteiger charge is 2.38. The second-order valence-electron chi connectivity index (χ2n) is 9.25. The van der Waals surface area contributed by atoms with E-state index in [1.54, 1.807) is 18.7 Å². The molecule has 0 bridgehead atoms. The smallest absolute Gasteiger partial charge is 0.228 e. The van der Waals surface area contributed by atoms with Crippen molar-refractivity contribution in [1.29, 1.82) is 0 Å². The summed E-state index contributed by atoms with van der Waals surface area (Å²) in [6, 6.07) is 0.646. The van der Waals surface area contributed by atoms with E-state index in [0.717, 1.165) is 61.0 Å². The first-order valence-corrected chi connectivity index (χ1v) is 11.7. The Balaban J connectivity index is 1.33. The minimum atomic E-state index is 0.136. The predicted octanol–water partition coefficient (Wildman–Crippen LogP) is 1.96. The van der Waals surface area contributed by atoms with E-state index >= 15 is 0 Å². The van der Waals surface area contributed by atoms with Crippen molar-refractivity contribution in [3.05, 3.63) is 24.5 Å². The van der Waals surface area contributed by atoms with E-state index in [1.807, 2.05) is 11.8 Å². The zero-order valence-electron chi connectivity index (χ0n) is 19.7. The van der Waals surface area contributed by atoms with Gasteiger partial charge in [-0.25, -0.2) is 24.9 Å². The molecule has 0 unspecified atom stereocenters. The molecule has 0 aliphatic carbocycles. The van der Waals surface area contributed by atoms with Crippen LogP contribution in [0.4, 0.5) is 5.82 Å². The number of amides is 1. The number of aromatic nitrogens is 6. The number of fused-ring (bicyclic) bond motifs is 1. The summed E-state index contributed by atoms with van der Waals surface area (Å²) >= 11 is 0. The maximum Gasteiger partial charge on any atom is 0.228 e. The second kappa shape index (κ2) is 8.66. The molecule has 10 heteroatoms. The number of nitrogens with zero attached hydrogens (tertiary/aromatic N) is 8. The van der Waals surface area contributed by atoms with E-state index in [4.69, 9.17) is 4.98 Å². The molecule has 33 heavy (non-hydrogen) atoms. The van der Waals surface area contributed by atoms with Gasteiger partial charge in [-0.1, -0.05) is 0 Å². The number of hydrogen-bond acceptors (Lipinski definition) is 8. The Morgan fingerprint density at radius 2 is 1.91 bits per heavy atom. The number of aryl methyl sites for hydroxylation is 2. The van der Waals surface area contributed by atoms with Crippen LogP contribution in [0.3, 0.4) is 0 Å². The van der Waals surface area contributed by atoms with Gasteiger partial charge in [-0.2, -0.15) is 0 Å². The molecular formula is C23H31N9O. The van der Waals surface area contributed by atoms with Gasteiger partial charge < -0.3 is 14.8 Å². The Morgan fingerprint density at radius 1 is 1.15 bits per heavy atom. The van der Waals surface area contributed by atoms with Crippen molar-refractivity contribution >= 4 is 22.9 Å². The lowest BCUT2D eigenvalue weighted by atomic mass is 9.97. The van der Waals surface area contributed by atoms with Crippen molar-refractivity contribution in [2.45, 2.75) is 52.7 Å². The molecular weight excluding hydrogens is 418 g/mol. The van der Waals surface area contributed by atoms with E-state index in [0.29, 0.717) is 18.4 Å². The lowest BCUT2D eigenvalue weighted by Crippen LogP contribution is -2.56. The molecule has 0 spiro atoms.